The van der Waals surface area contributed by atoms with Gasteiger partial charge in [-0.2, -0.15) is 0 Å². The number of hydrogen-bond donors (Lipinski definition) is 0. The van der Waals surface area contributed by atoms with E-state index in [-0.39, 0.29) is 24.3 Å². The molecule has 1 unspecified atom stereocenters. The minimum Gasteiger partial charge on any atom is -0.372 e. The highest BCUT2D eigenvalue weighted by Crippen LogP contribution is 2.51. The molecule has 158 valence electrons. The van der Waals surface area contributed by atoms with Crippen molar-refractivity contribution in [2.75, 3.05) is 0 Å². The van der Waals surface area contributed by atoms with Crippen molar-refractivity contribution in [1.29, 1.82) is 0 Å². The van der Waals surface area contributed by atoms with Gasteiger partial charge in [-0.3, -0.25) is 19.7 Å². The summed E-state index contributed by atoms with van der Waals surface area (Å²) in [5.74, 6) is 0.0609. The second-order valence-corrected chi connectivity index (χ2v) is 8.32. The third-order valence-electron chi connectivity index (χ3n) is 6.43. The average molecular weight is 418 g/mol. The third kappa shape index (κ3) is 3.12. The topological polar surface area (TPSA) is 95.3 Å². The van der Waals surface area contributed by atoms with E-state index in [1.165, 1.54) is 0 Å². The number of rotatable bonds is 5. The highest BCUT2D eigenvalue weighted by molar-refractivity contribution is 5.89. The maximum absolute atomic E-state index is 13.2. The lowest BCUT2D eigenvalue weighted by atomic mass is 9.76. The minimum absolute atomic E-state index is 0.0161. The summed E-state index contributed by atoms with van der Waals surface area (Å²) in [6.45, 7) is 0.396. The lowest BCUT2D eigenvalue weighted by Gasteiger charge is -2.42. The average Bonchev–Trinajstić information content (AvgIpc) is 3.50. The van der Waals surface area contributed by atoms with Crippen LogP contribution in [0.2, 0.25) is 0 Å². The predicted molar refractivity (Wildman–Crippen MR) is 108 cm³/mol. The zero-order valence-electron chi connectivity index (χ0n) is 16.9. The van der Waals surface area contributed by atoms with Crippen molar-refractivity contribution in [2.45, 2.75) is 56.3 Å². The molecule has 9 nitrogen and oxygen atoms in total. The molecule has 3 aromatic rings. The van der Waals surface area contributed by atoms with E-state index >= 15 is 0 Å². The number of carbonyl (C=O) groups excluding carboxylic acids is 1. The molecule has 31 heavy (non-hydrogen) atoms. The zero-order valence-corrected chi connectivity index (χ0v) is 16.9. The Hall–Kier alpha value is -3.17. The summed E-state index contributed by atoms with van der Waals surface area (Å²) in [6, 6.07) is 3.85. The first-order valence-electron chi connectivity index (χ1n) is 10.5. The van der Waals surface area contributed by atoms with Crippen molar-refractivity contribution in [3.8, 4) is 5.69 Å². The molecule has 1 spiro atoms. The molecule has 3 aliphatic rings. The van der Waals surface area contributed by atoms with E-state index in [9.17, 15) is 4.79 Å². The second-order valence-electron chi connectivity index (χ2n) is 8.32. The molecule has 1 saturated carbocycles. The number of imidazole rings is 1. The Balaban J connectivity index is 1.09. The summed E-state index contributed by atoms with van der Waals surface area (Å²) in [5, 5.41) is 0. The summed E-state index contributed by atoms with van der Waals surface area (Å²) in [7, 11) is 0. The molecule has 0 N–H and O–H groups in total. The molecular weight excluding hydrogens is 396 g/mol. The van der Waals surface area contributed by atoms with E-state index < -0.39 is 5.60 Å². The van der Waals surface area contributed by atoms with E-state index in [2.05, 4.69) is 19.9 Å². The van der Waals surface area contributed by atoms with Gasteiger partial charge in [-0.1, -0.05) is 0 Å². The standard InChI is InChI=1S/C22H22N6O3/c29-21-22(31-20-2-1-19(28(20)21)18-12-23-5-6-26-18)10-17(11-22)30-13-15-9-16(3-4-25-15)27-8-7-24-14-27/h3-9,12,14,17,19-20H,1-2,10-11,13H2/t17?,19-,20?,22?/m0/s1. The van der Waals surface area contributed by atoms with Crippen molar-refractivity contribution >= 4 is 5.91 Å². The fourth-order valence-corrected chi connectivity index (χ4v) is 4.87. The molecule has 1 aliphatic carbocycles. The number of pyridine rings is 1. The van der Waals surface area contributed by atoms with Gasteiger partial charge in [-0.15, -0.1) is 0 Å². The fraction of sp³-hybridized carbons (Fsp3) is 0.409. The van der Waals surface area contributed by atoms with Crippen LogP contribution >= 0.6 is 0 Å². The summed E-state index contributed by atoms with van der Waals surface area (Å²) < 4.78 is 14.2. The van der Waals surface area contributed by atoms with Crippen molar-refractivity contribution in [3.63, 3.8) is 0 Å². The van der Waals surface area contributed by atoms with E-state index in [0.717, 1.165) is 29.9 Å². The number of aromatic nitrogens is 5. The molecule has 2 saturated heterocycles. The third-order valence-corrected chi connectivity index (χ3v) is 6.43. The fourth-order valence-electron chi connectivity index (χ4n) is 4.87. The molecule has 2 atom stereocenters. The van der Waals surface area contributed by atoms with Crippen LogP contribution in [0.15, 0.2) is 55.6 Å². The molecule has 5 heterocycles. The molecular formula is C22H22N6O3. The molecule has 3 fully saturated rings. The van der Waals surface area contributed by atoms with Crippen LogP contribution in [0, 0.1) is 0 Å². The van der Waals surface area contributed by atoms with Crippen LogP contribution < -0.4 is 0 Å². The van der Waals surface area contributed by atoms with Crippen LogP contribution in [-0.2, 0) is 20.9 Å². The Morgan fingerprint density at radius 1 is 1.13 bits per heavy atom. The van der Waals surface area contributed by atoms with E-state index in [1.807, 2.05) is 27.8 Å². The van der Waals surface area contributed by atoms with Gasteiger partial charge in [-0.05, 0) is 25.0 Å². The quantitative estimate of drug-likeness (QED) is 0.627. The molecule has 0 bridgehead atoms. The minimum atomic E-state index is -0.748. The van der Waals surface area contributed by atoms with Gasteiger partial charge < -0.3 is 18.9 Å². The summed E-state index contributed by atoms with van der Waals surface area (Å²) >= 11 is 0. The van der Waals surface area contributed by atoms with Crippen molar-refractivity contribution < 1.29 is 14.3 Å². The van der Waals surface area contributed by atoms with Gasteiger partial charge in [-0.25, -0.2) is 4.98 Å². The predicted octanol–water partition coefficient (Wildman–Crippen LogP) is 2.20. The Kier molecular flexibility index (Phi) is 4.32. The number of amides is 1. The van der Waals surface area contributed by atoms with E-state index in [1.54, 1.807) is 37.3 Å². The Morgan fingerprint density at radius 3 is 2.87 bits per heavy atom. The summed E-state index contributed by atoms with van der Waals surface area (Å²) in [4.78, 5) is 32.1. The van der Waals surface area contributed by atoms with Crippen LogP contribution in [0.3, 0.4) is 0 Å². The summed E-state index contributed by atoms with van der Waals surface area (Å²) in [6.07, 6.45) is 14.8. The lowest BCUT2D eigenvalue weighted by molar-refractivity contribution is -0.177. The second kappa shape index (κ2) is 7.21. The molecule has 9 heteroatoms. The van der Waals surface area contributed by atoms with Crippen molar-refractivity contribution in [2.24, 2.45) is 0 Å². The maximum Gasteiger partial charge on any atom is 0.257 e. The highest BCUT2D eigenvalue weighted by Gasteiger charge is 2.63. The Labute approximate surface area is 179 Å². The number of hydrogen-bond acceptors (Lipinski definition) is 7. The van der Waals surface area contributed by atoms with Gasteiger partial charge in [0, 0.05) is 49.5 Å². The van der Waals surface area contributed by atoms with Crippen LogP contribution in [0.4, 0.5) is 0 Å². The van der Waals surface area contributed by atoms with E-state index in [4.69, 9.17) is 9.47 Å². The highest BCUT2D eigenvalue weighted by atomic mass is 16.6. The number of carbonyl (C=O) groups is 1. The smallest absolute Gasteiger partial charge is 0.257 e. The van der Waals surface area contributed by atoms with Crippen LogP contribution in [0.5, 0.6) is 0 Å². The van der Waals surface area contributed by atoms with Crippen LogP contribution in [0.1, 0.15) is 43.1 Å². The van der Waals surface area contributed by atoms with Gasteiger partial charge in [0.2, 0.25) is 0 Å². The first-order valence-corrected chi connectivity index (χ1v) is 10.5. The molecule has 6 rings (SSSR count). The largest absolute Gasteiger partial charge is 0.372 e. The van der Waals surface area contributed by atoms with Crippen LogP contribution in [0.25, 0.3) is 5.69 Å². The molecule has 0 aromatic carbocycles. The van der Waals surface area contributed by atoms with Gasteiger partial charge in [0.1, 0.15) is 6.23 Å². The van der Waals surface area contributed by atoms with E-state index in [0.29, 0.717) is 19.4 Å². The molecule has 1 amide bonds. The Bertz CT molecular complexity index is 1080. The SMILES string of the molecule is O=C1N2C(CC[C@H]2c2cnccn2)OC12CC(OCc1cc(-n3ccnc3)ccn1)C2. The first-order chi connectivity index (χ1) is 15.2. The zero-order chi connectivity index (χ0) is 20.8. The Morgan fingerprint density at radius 2 is 2.06 bits per heavy atom. The molecule has 0 radical (unpaired) electrons. The number of fused-ring (bicyclic) bond motifs is 1. The van der Waals surface area contributed by atoms with Gasteiger partial charge in [0.05, 0.1) is 42.7 Å². The normalized spacial score (nSPS) is 29.4. The number of ether oxygens (including phenoxy) is 2. The number of nitrogens with zero attached hydrogens (tertiary/aromatic N) is 6. The molecule has 2 aliphatic heterocycles. The van der Waals surface area contributed by atoms with Crippen molar-refractivity contribution in [1.82, 2.24) is 29.4 Å². The van der Waals surface area contributed by atoms with Gasteiger partial charge in [0.25, 0.3) is 5.91 Å². The summed E-state index contributed by atoms with van der Waals surface area (Å²) in [5.41, 5.74) is 1.91. The van der Waals surface area contributed by atoms with Crippen LogP contribution in [-0.4, -0.2) is 53.2 Å². The van der Waals surface area contributed by atoms with Gasteiger partial charge >= 0.3 is 0 Å². The van der Waals surface area contributed by atoms with Gasteiger partial charge in [0.15, 0.2) is 5.60 Å². The maximum atomic E-state index is 13.2. The monoisotopic (exact) mass is 418 g/mol. The first kappa shape index (κ1) is 18.6. The van der Waals surface area contributed by atoms with Crippen molar-refractivity contribution in [3.05, 3.63) is 67.0 Å². The lowest BCUT2D eigenvalue weighted by Crippen LogP contribution is -2.54. The molecule has 3 aromatic heterocycles.